The molecule has 0 aromatic heterocycles. The first-order valence-electron chi connectivity index (χ1n) is 5.43. The Kier molecular flexibility index (Phi) is 4.82. The van der Waals surface area contributed by atoms with Crippen LogP contribution in [-0.4, -0.2) is 8.42 Å². The molecule has 0 unspecified atom stereocenters. The Labute approximate surface area is 142 Å². The van der Waals surface area contributed by atoms with Crippen LogP contribution in [0.5, 0.6) is 0 Å². The molecule has 0 saturated heterocycles. The van der Waals surface area contributed by atoms with E-state index in [1.54, 1.807) is 6.07 Å². The Morgan fingerprint density at radius 1 is 1.19 bits per heavy atom. The maximum atomic E-state index is 13.1. The maximum absolute atomic E-state index is 13.1. The molecule has 0 heterocycles. The number of hydrogen-bond acceptors (Lipinski definition) is 3. The summed E-state index contributed by atoms with van der Waals surface area (Å²) >= 11 is 12.0. The molecule has 2 aromatic carbocycles. The summed E-state index contributed by atoms with van der Waals surface area (Å²) in [6.45, 7) is 0. The van der Waals surface area contributed by atoms with Crippen LogP contribution in [0, 0.1) is 5.82 Å². The van der Waals surface area contributed by atoms with Gasteiger partial charge in [0.05, 0.1) is 16.4 Å². The van der Waals surface area contributed by atoms with Crippen molar-refractivity contribution in [3.05, 3.63) is 50.1 Å². The van der Waals surface area contributed by atoms with Gasteiger partial charge in [-0.3, -0.25) is 4.72 Å². The largest absolute Gasteiger partial charge is 0.398 e. The zero-order valence-corrected chi connectivity index (χ0v) is 14.9. The summed E-state index contributed by atoms with van der Waals surface area (Å²) < 4.78 is 41.1. The first kappa shape index (κ1) is 16.5. The molecule has 0 radical (unpaired) electrons. The molecule has 0 saturated carbocycles. The van der Waals surface area contributed by atoms with Gasteiger partial charge < -0.3 is 5.73 Å². The molecule has 0 fully saturated rings. The molecule has 0 bridgehead atoms. The van der Waals surface area contributed by atoms with Crippen LogP contribution in [0.2, 0.25) is 5.02 Å². The smallest absolute Gasteiger partial charge is 0.265 e. The third-order valence-electron chi connectivity index (χ3n) is 2.48. The molecule has 0 aliphatic carbocycles. The van der Waals surface area contributed by atoms with E-state index in [-0.39, 0.29) is 21.3 Å². The van der Waals surface area contributed by atoms with E-state index in [1.807, 2.05) is 0 Å². The summed E-state index contributed by atoms with van der Waals surface area (Å²) in [7, 11) is -3.94. The van der Waals surface area contributed by atoms with E-state index >= 15 is 0 Å². The van der Waals surface area contributed by atoms with Gasteiger partial charge in [-0.25, -0.2) is 12.8 Å². The molecule has 0 atom stereocenters. The Hall–Kier alpha value is -0.830. The number of nitrogens with one attached hydrogen (secondary N) is 1. The van der Waals surface area contributed by atoms with Crippen LogP contribution in [0.15, 0.2) is 44.2 Å². The van der Waals surface area contributed by atoms with Gasteiger partial charge in [0.25, 0.3) is 10.0 Å². The van der Waals surface area contributed by atoms with Crippen LogP contribution < -0.4 is 10.5 Å². The van der Waals surface area contributed by atoms with Crippen LogP contribution in [0.25, 0.3) is 0 Å². The molecule has 0 aliphatic heterocycles. The fourth-order valence-electron chi connectivity index (χ4n) is 1.63. The Morgan fingerprint density at radius 2 is 1.86 bits per heavy atom. The number of halogens is 4. The number of nitrogen functional groups attached to an aromatic ring is 1. The average Bonchev–Trinajstić information content (AvgIpc) is 2.31. The standard InChI is InChI=1S/C12H8Br2ClFN2O2S/c13-6-3-8(14)12(11(17)4-6)21(19,20)18-7-1-2-10(16)9(15)5-7/h1-5,18H,17H2. The number of benzene rings is 2. The predicted molar refractivity (Wildman–Crippen MR) is 88.5 cm³/mol. The van der Waals surface area contributed by atoms with Crippen LogP contribution in [-0.2, 0) is 10.0 Å². The number of anilines is 2. The molecular weight excluding hydrogens is 450 g/mol. The van der Waals surface area contributed by atoms with Gasteiger partial charge in [0.1, 0.15) is 10.7 Å². The Bertz CT molecular complexity index is 792. The summed E-state index contributed by atoms with van der Waals surface area (Å²) in [6, 6.07) is 6.54. The molecule has 3 N–H and O–H groups in total. The van der Waals surface area contributed by atoms with Gasteiger partial charge in [0.15, 0.2) is 0 Å². The molecule has 0 aliphatic rings. The molecule has 4 nitrogen and oxygen atoms in total. The van der Waals surface area contributed by atoms with Gasteiger partial charge >= 0.3 is 0 Å². The number of nitrogens with two attached hydrogens (primary N) is 1. The molecule has 0 amide bonds. The van der Waals surface area contributed by atoms with Crippen LogP contribution in [0.4, 0.5) is 15.8 Å². The van der Waals surface area contributed by atoms with Gasteiger partial charge in [-0.15, -0.1) is 0 Å². The van der Waals surface area contributed by atoms with E-state index in [0.717, 1.165) is 6.07 Å². The van der Waals surface area contributed by atoms with Crippen molar-refractivity contribution in [1.29, 1.82) is 0 Å². The highest BCUT2D eigenvalue weighted by Crippen LogP contribution is 2.33. The lowest BCUT2D eigenvalue weighted by Crippen LogP contribution is -2.15. The average molecular weight is 459 g/mol. The van der Waals surface area contributed by atoms with Crippen LogP contribution >= 0.6 is 43.5 Å². The van der Waals surface area contributed by atoms with E-state index in [9.17, 15) is 12.8 Å². The van der Waals surface area contributed by atoms with Crippen LogP contribution in [0.1, 0.15) is 0 Å². The highest BCUT2D eigenvalue weighted by Gasteiger charge is 2.22. The molecule has 9 heteroatoms. The van der Waals surface area contributed by atoms with Crippen molar-refractivity contribution < 1.29 is 12.8 Å². The minimum Gasteiger partial charge on any atom is -0.398 e. The first-order valence-corrected chi connectivity index (χ1v) is 8.88. The van der Waals surface area contributed by atoms with Crippen molar-refractivity contribution in [1.82, 2.24) is 0 Å². The highest BCUT2D eigenvalue weighted by atomic mass is 79.9. The second-order valence-electron chi connectivity index (χ2n) is 4.04. The number of sulfonamides is 1. The summed E-state index contributed by atoms with van der Waals surface area (Å²) in [5, 5.41) is -0.182. The topological polar surface area (TPSA) is 72.2 Å². The lowest BCUT2D eigenvalue weighted by Gasteiger charge is -2.12. The van der Waals surface area contributed by atoms with Gasteiger partial charge in [-0.05, 0) is 46.3 Å². The lowest BCUT2D eigenvalue weighted by molar-refractivity contribution is 0.601. The first-order chi connectivity index (χ1) is 9.70. The van der Waals surface area contributed by atoms with E-state index < -0.39 is 15.8 Å². The predicted octanol–water partition coefficient (Wildman–Crippen LogP) is 4.39. The van der Waals surface area contributed by atoms with Crippen molar-refractivity contribution in [3.63, 3.8) is 0 Å². The molecule has 2 rings (SSSR count). The normalized spacial score (nSPS) is 11.4. The van der Waals surface area contributed by atoms with Crippen molar-refractivity contribution in [3.8, 4) is 0 Å². The molecule has 21 heavy (non-hydrogen) atoms. The van der Waals surface area contributed by atoms with E-state index in [0.29, 0.717) is 8.95 Å². The van der Waals surface area contributed by atoms with Gasteiger partial charge in [-0.2, -0.15) is 0 Å². The number of hydrogen-bond donors (Lipinski definition) is 2. The fraction of sp³-hybridized carbons (Fsp3) is 0. The zero-order chi connectivity index (χ0) is 15.8. The summed E-state index contributed by atoms with van der Waals surface area (Å²) in [4.78, 5) is -0.105. The minimum atomic E-state index is -3.94. The summed E-state index contributed by atoms with van der Waals surface area (Å²) in [5.41, 5.74) is 5.95. The fourth-order valence-corrected chi connectivity index (χ4v) is 4.93. The van der Waals surface area contributed by atoms with Crippen LogP contribution in [0.3, 0.4) is 0 Å². The van der Waals surface area contributed by atoms with Gasteiger partial charge in [-0.1, -0.05) is 27.5 Å². The van der Waals surface area contributed by atoms with Crippen molar-refractivity contribution in [2.45, 2.75) is 4.90 Å². The van der Waals surface area contributed by atoms with Crippen molar-refractivity contribution in [2.24, 2.45) is 0 Å². The van der Waals surface area contributed by atoms with E-state index in [2.05, 4.69) is 36.6 Å². The van der Waals surface area contributed by atoms with Crippen molar-refractivity contribution in [2.75, 3.05) is 10.5 Å². The van der Waals surface area contributed by atoms with E-state index in [1.165, 1.54) is 18.2 Å². The molecular formula is C12H8Br2ClFN2O2S. The van der Waals surface area contributed by atoms with Gasteiger partial charge in [0.2, 0.25) is 0 Å². The summed E-state index contributed by atoms with van der Waals surface area (Å²) in [6.07, 6.45) is 0. The Balaban J connectivity index is 2.46. The molecule has 0 spiro atoms. The summed E-state index contributed by atoms with van der Waals surface area (Å²) in [5.74, 6) is -0.635. The second kappa shape index (κ2) is 6.12. The minimum absolute atomic E-state index is 0.0666. The third-order valence-corrected chi connectivity index (χ3v) is 5.61. The number of rotatable bonds is 3. The lowest BCUT2D eigenvalue weighted by atomic mass is 10.3. The SMILES string of the molecule is Nc1cc(Br)cc(Br)c1S(=O)(=O)Nc1ccc(F)c(Cl)c1. The molecule has 112 valence electrons. The maximum Gasteiger partial charge on any atom is 0.265 e. The zero-order valence-electron chi connectivity index (χ0n) is 10.2. The van der Waals surface area contributed by atoms with E-state index in [4.69, 9.17) is 17.3 Å². The van der Waals surface area contributed by atoms with Gasteiger partial charge in [0, 0.05) is 8.95 Å². The second-order valence-corrected chi connectivity index (χ2v) is 7.84. The third kappa shape index (κ3) is 3.68. The van der Waals surface area contributed by atoms with Crippen molar-refractivity contribution >= 4 is 64.9 Å². The highest BCUT2D eigenvalue weighted by molar-refractivity contribution is 9.11. The Morgan fingerprint density at radius 3 is 2.43 bits per heavy atom. The monoisotopic (exact) mass is 456 g/mol. The molecule has 2 aromatic rings. The quantitative estimate of drug-likeness (QED) is 0.671.